The first-order valence-corrected chi connectivity index (χ1v) is 7.68. The van der Waals surface area contributed by atoms with E-state index in [0.29, 0.717) is 12.2 Å². The second-order valence-corrected chi connectivity index (χ2v) is 5.80. The molecule has 0 atom stereocenters. The van der Waals surface area contributed by atoms with Gasteiger partial charge in [0.05, 0.1) is 17.7 Å². The Labute approximate surface area is 132 Å². The van der Waals surface area contributed by atoms with Crippen LogP contribution in [-0.4, -0.2) is 19.5 Å². The van der Waals surface area contributed by atoms with Crippen LogP contribution in [0.15, 0.2) is 40.9 Å². The zero-order chi connectivity index (χ0) is 14.7. The van der Waals surface area contributed by atoms with Crippen LogP contribution in [-0.2, 0) is 12.8 Å². The Morgan fingerprint density at radius 1 is 1.24 bits per heavy atom. The van der Waals surface area contributed by atoms with Gasteiger partial charge in [0, 0.05) is 18.4 Å². The molecule has 0 radical (unpaired) electrons. The highest BCUT2D eigenvalue weighted by molar-refractivity contribution is 9.10. The molecule has 1 heterocycles. The number of halogens is 1. The molecule has 21 heavy (non-hydrogen) atoms. The summed E-state index contributed by atoms with van der Waals surface area (Å²) in [4.78, 5) is 10.7. The van der Waals surface area contributed by atoms with Gasteiger partial charge in [-0.2, -0.15) is 0 Å². The summed E-state index contributed by atoms with van der Waals surface area (Å²) in [7, 11) is 0. The minimum atomic E-state index is 0.596. The zero-order valence-electron chi connectivity index (χ0n) is 11.5. The molecule has 2 aromatic rings. The lowest BCUT2D eigenvalue weighted by Gasteiger charge is -2.09. The average Bonchev–Trinajstić information content (AvgIpc) is 2.96. The van der Waals surface area contributed by atoms with Crippen molar-refractivity contribution in [2.45, 2.75) is 12.8 Å². The molecule has 108 valence electrons. The van der Waals surface area contributed by atoms with Crippen LogP contribution in [0, 0.1) is 0 Å². The lowest BCUT2D eigenvalue weighted by Crippen LogP contribution is -2.02. The van der Waals surface area contributed by atoms with Gasteiger partial charge in [0.1, 0.15) is 17.8 Å². The summed E-state index contributed by atoms with van der Waals surface area (Å²) in [5.41, 5.74) is 3.16. The number of ether oxygens (including phenoxy) is 2. The molecule has 1 aliphatic rings. The van der Waals surface area contributed by atoms with Crippen LogP contribution in [0.5, 0.6) is 11.5 Å². The van der Waals surface area contributed by atoms with Crippen LogP contribution in [0.2, 0.25) is 0 Å². The fraction of sp³-hybridized carbons (Fsp3) is 0.235. The number of carbonyl (C=O) groups excluding carboxylic acids is 1. The average molecular weight is 347 g/mol. The molecule has 0 aromatic heterocycles. The summed E-state index contributed by atoms with van der Waals surface area (Å²) < 4.78 is 12.1. The molecule has 1 aliphatic heterocycles. The normalized spacial score (nSPS) is 12.6. The van der Waals surface area contributed by atoms with E-state index >= 15 is 0 Å². The third kappa shape index (κ3) is 3.27. The molecule has 2 aromatic carbocycles. The van der Waals surface area contributed by atoms with Crippen molar-refractivity contribution in [1.29, 1.82) is 0 Å². The minimum absolute atomic E-state index is 0.596. The van der Waals surface area contributed by atoms with Crippen LogP contribution in [0.25, 0.3) is 0 Å². The molecule has 0 bridgehead atoms. The van der Waals surface area contributed by atoms with Crippen molar-refractivity contribution in [2.75, 3.05) is 13.2 Å². The standard InChI is InChI=1S/C17H15BrO3/c18-15-10-13(11-19)2-4-17(15)21-7-5-12-1-3-16-14(9-12)6-8-20-16/h1-4,9-11H,5-8H2. The van der Waals surface area contributed by atoms with Gasteiger partial charge >= 0.3 is 0 Å². The third-order valence-corrected chi connectivity index (χ3v) is 4.11. The molecule has 3 nitrogen and oxygen atoms in total. The van der Waals surface area contributed by atoms with E-state index in [9.17, 15) is 4.79 Å². The first-order chi connectivity index (χ1) is 10.3. The predicted octanol–water partition coefficient (Wildman–Crippen LogP) is 3.82. The largest absolute Gasteiger partial charge is 0.493 e. The van der Waals surface area contributed by atoms with E-state index in [0.717, 1.165) is 41.7 Å². The van der Waals surface area contributed by atoms with Crippen molar-refractivity contribution >= 4 is 22.2 Å². The van der Waals surface area contributed by atoms with E-state index in [1.807, 2.05) is 12.1 Å². The van der Waals surface area contributed by atoms with E-state index in [-0.39, 0.29) is 0 Å². The molecule has 0 saturated carbocycles. The fourth-order valence-electron chi connectivity index (χ4n) is 2.38. The summed E-state index contributed by atoms with van der Waals surface area (Å²) in [5, 5.41) is 0. The van der Waals surface area contributed by atoms with Gasteiger partial charge in [-0.1, -0.05) is 12.1 Å². The van der Waals surface area contributed by atoms with Gasteiger partial charge in [-0.3, -0.25) is 4.79 Å². The van der Waals surface area contributed by atoms with Gasteiger partial charge in [0.25, 0.3) is 0 Å². The molecule has 0 unspecified atom stereocenters. The predicted molar refractivity (Wildman–Crippen MR) is 84.4 cm³/mol. The van der Waals surface area contributed by atoms with E-state index < -0.39 is 0 Å². The third-order valence-electron chi connectivity index (χ3n) is 3.49. The Balaban J connectivity index is 1.60. The number of hydrogen-bond acceptors (Lipinski definition) is 3. The van der Waals surface area contributed by atoms with Crippen LogP contribution < -0.4 is 9.47 Å². The molecule has 0 amide bonds. The van der Waals surface area contributed by atoms with Crippen LogP contribution >= 0.6 is 15.9 Å². The molecule has 0 fully saturated rings. The van der Waals surface area contributed by atoms with Gasteiger partial charge in [0.15, 0.2) is 0 Å². The van der Waals surface area contributed by atoms with Gasteiger partial charge in [0.2, 0.25) is 0 Å². The lowest BCUT2D eigenvalue weighted by molar-refractivity contribution is 0.112. The first kappa shape index (κ1) is 14.1. The molecule has 0 saturated heterocycles. The smallest absolute Gasteiger partial charge is 0.150 e. The monoisotopic (exact) mass is 346 g/mol. The van der Waals surface area contributed by atoms with E-state index in [4.69, 9.17) is 9.47 Å². The molecule has 3 rings (SSSR count). The summed E-state index contributed by atoms with van der Waals surface area (Å²) >= 11 is 3.41. The van der Waals surface area contributed by atoms with Gasteiger partial charge in [-0.05, 0) is 51.3 Å². The van der Waals surface area contributed by atoms with E-state index in [2.05, 4.69) is 28.1 Å². The maximum absolute atomic E-state index is 10.7. The second kappa shape index (κ2) is 6.31. The molecule has 0 N–H and O–H groups in total. The SMILES string of the molecule is O=Cc1ccc(OCCc2ccc3c(c2)CCO3)c(Br)c1. The number of rotatable bonds is 5. The first-order valence-electron chi connectivity index (χ1n) is 6.88. The summed E-state index contributed by atoms with van der Waals surface area (Å²) in [5.74, 6) is 1.76. The molecular weight excluding hydrogens is 332 g/mol. The molecule has 4 heteroatoms. The summed E-state index contributed by atoms with van der Waals surface area (Å²) in [6, 6.07) is 11.6. The topological polar surface area (TPSA) is 35.5 Å². The lowest BCUT2D eigenvalue weighted by atomic mass is 10.1. The number of benzene rings is 2. The molecular formula is C17H15BrO3. The highest BCUT2D eigenvalue weighted by Gasteiger charge is 2.12. The molecule has 0 aliphatic carbocycles. The highest BCUT2D eigenvalue weighted by atomic mass is 79.9. The van der Waals surface area contributed by atoms with Crippen molar-refractivity contribution in [3.63, 3.8) is 0 Å². The van der Waals surface area contributed by atoms with Gasteiger partial charge in [-0.15, -0.1) is 0 Å². The Bertz CT molecular complexity index is 667. The van der Waals surface area contributed by atoms with Gasteiger partial charge in [-0.25, -0.2) is 0 Å². The summed E-state index contributed by atoms with van der Waals surface area (Å²) in [6.45, 7) is 1.38. The van der Waals surface area contributed by atoms with Crippen molar-refractivity contribution in [3.05, 3.63) is 57.6 Å². The van der Waals surface area contributed by atoms with E-state index in [1.54, 1.807) is 12.1 Å². The molecule has 0 spiro atoms. The number of aldehydes is 1. The van der Waals surface area contributed by atoms with Crippen LogP contribution in [0.3, 0.4) is 0 Å². The van der Waals surface area contributed by atoms with Crippen molar-refractivity contribution in [3.8, 4) is 11.5 Å². The Kier molecular flexibility index (Phi) is 4.25. The van der Waals surface area contributed by atoms with Crippen LogP contribution in [0.4, 0.5) is 0 Å². The maximum Gasteiger partial charge on any atom is 0.150 e. The Morgan fingerprint density at radius 3 is 2.95 bits per heavy atom. The zero-order valence-corrected chi connectivity index (χ0v) is 13.1. The van der Waals surface area contributed by atoms with Crippen molar-refractivity contribution in [1.82, 2.24) is 0 Å². The minimum Gasteiger partial charge on any atom is -0.493 e. The van der Waals surface area contributed by atoms with Crippen molar-refractivity contribution in [2.24, 2.45) is 0 Å². The van der Waals surface area contributed by atoms with E-state index in [1.165, 1.54) is 11.1 Å². The van der Waals surface area contributed by atoms with Crippen LogP contribution in [0.1, 0.15) is 21.5 Å². The van der Waals surface area contributed by atoms with Gasteiger partial charge < -0.3 is 9.47 Å². The highest BCUT2D eigenvalue weighted by Crippen LogP contribution is 2.27. The number of fused-ring (bicyclic) bond motifs is 1. The quantitative estimate of drug-likeness (QED) is 0.772. The summed E-state index contributed by atoms with van der Waals surface area (Å²) in [6.07, 6.45) is 2.65. The second-order valence-electron chi connectivity index (χ2n) is 4.95. The number of carbonyl (C=O) groups is 1. The maximum atomic E-state index is 10.7. The number of hydrogen-bond donors (Lipinski definition) is 0. The fourth-order valence-corrected chi connectivity index (χ4v) is 2.89. The Hall–Kier alpha value is -1.81. The Morgan fingerprint density at radius 2 is 2.14 bits per heavy atom. The van der Waals surface area contributed by atoms with Crippen molar-refractivity contribution < 1.29 is 14.3 Å².